The van der Waals surface area contributed by atoms with E-state index in [-0.39, 0.29) is 17.4 Å². The Hall–Kier alpha value is -2.99. The summed E-state index contributed by atoms with van der Waals surface area (Å²) in [6, 6.07) is 13.1. The van der Waals surface area contributed by atoms with Crippen LogP contribution in [0, 0.1) is 12.7 Å². The van der Waals surface area contributed by atoms with Crippen molar-refractivity contribution in [1.82, 2.24) is 9.97 Å². The number of carbonyl (C=O) groups excluding carboxylic acids is 1. The largest absolute Gasteiger partial charge is 0.354 e. The van der Waals surface area contributed by atoms with Crippen molar-refractivity contribution in [3.63, 3.8) is 0 Å². The lowest BCUT2D eigenvalue weighted by molar-refractivity contribution is 0.102. The molecule has 7 heteroatoms. The van der Waals surface area contributed by atoms with Crippen LogP contribution in [0.2, 0.25) is 5.02 Å². The van der Waals surface area contributed by atoms with Gasteiger partial charge in [-0.25, -0.2) is 14.4 Å². The fourth-order valence-electron chi connectivity index (χ4n) is 2.49. The van der Waals surface area contributed by atoms with Crippen LogP contribution in [0.5, 0.6) is 0 Å². The van der Waals surface area contributed by atoms with Crippen LogP contribution in [0.25, 0.3) is 0 Å². The summed E-state index contributed by atoms with van der Waals surface area (Å²) < 4.78 is 12.9. The molecule has 5 nitrogen and oxygen atoms in total. The number of hydrogen-bond donors (Lipinski definition) is 2. The van der Waals surface area contributed by atoms with E-state index in [1.54, 1.807) is 36.4 Å². The van der Waals surface area contributed by atoms with Crippen LogP contribution >= 0.6 is 11.6 Å². The molecule has 3 aromatic rings. The zero-order valence-corrected chi connectivity index (χ0v) is 15.4. The van der Waals surface area contributed by atoms with E-state index in [4.69, 9.17) is 11.6 Å². The third-order valence-electron chi connectivity index (χ3n) is 3.93. The maximum absolute atomic E-state index is 12.9. The number of nitrogens with zero attached hydrogens (tertiary/aromatic N) is 2. The topological polar surface area (TPSA) is 66.9 Å². The van der Waals surface area contributed by atoms with E-state index in [1.165, 1.54) is 18.3 Å². The minimum absolute atomic E-state index is 0.253. The maximum Gasteiger partial charge on any atom is 0.274 e. The Kier molecular flexibility index (Phi) is 5.98. The van der Waals surface area contributed by atoms with Gasteiger partial charge in [-0.05, 0) is 60.9 Å². The number of benzene rings is 2. The molecule has 0 bridgehead atoms. The SMILES string of the molecule is Cc1cc(Cl)ccc1NC(=O)c1ccnc(NCCc2ccc(F)cc2)n1. The summed E-state index contributed by atoms with van der Waals surface area (Å²) in [4.78, 5) is 20.8. The number of aryl methyl sites for hydroxylation is 1. The van der Waals surface area contributed by atoms with Gasteiger partial charge in [0.15, 0.2) is 0 Å². The van der Waals surface area contributed by atoms with Gasteiger partial charge < -0.3 is 10.6 Å². The number of carbonyl (C=O) groups is 1. The van der Waals surface area contributed by atoms with Crippen LogP contribution in [0.4, 0.5) is 16.0 Å². The van der Waals surface area contributed by atoms with Crippen LogP contribution < -0.4 is 10.6 Å². The number of rotatable bonds is 6. The smallest absolute Gasteiger partial charge is 0.274 e. The van der Waals surface area contributed by atoms with Crippen molar-refractivity contribution in [2.45, 2.75) is 13.3 Å². The molecule has 0 fully saturated rings. The molecular weight excluding hydrogens is 367 g/mol. The standard InChI is InChI=1S/C20H18ClFN4O/c1-13-12-15(21)4-7-17(13)25-19(27)18-9-11-24-20(26-18)23-10-8-14-2-5-16(22)6-3-14/h2-7,9,11-12H,8,10H2,1H3,(H,25,27)(H,23,24,26). The quantitative estimate of drug-likeness (QED) is 0.657. The van der Waals surface area contributed by atoms with Gasteiger partial charge in [0.25, 0.3) is 5.91 Å². The van der Waals surface area contributed by atoms with Gasteiger partial charge in [0.1, 0.15) is 11.5 Å². The van der Waals surface area contributed by atoms with E-state index >= 15 is 0 Å². The molecule has 3 rings (SSSR count). The molecule has 0 atom stereocenters. The molecular formula is C20H18ClFN4O. The molecule has 0 unspecified atom stereocenters. The first-order valence-electron chi connectivity index (χ1n) is 8.40. The van der Waals surface area contributed by atoms with E-state index in [2.05, 4.69) is 20.6 Å². The monoisotopic (exact) mass is 384 g/mol. The molecule has 1 heterocycles. The fraction of sp³-hybridized carbons (Fsp3) is 0.150. The molecule has 0 aliphatic heterocycles. The highest BCUT2D eigenvalue weighted by Gasteiger charge is 2.11. The lowest BCUT2D eigenvalue weighted by Crippen LogP contribution is -2.16. The second-order valence-corrected chi connectivity index (χ2v) is 6.42. The highest BCUT2D eigenvalue weighted by Crippen LogP contribution is 2.20. The normalized spacial score (nSPS) is 10.5. The van der Waals surface area contributed by atoms with Crippen LogP contribution in [-0.2, 0) is 6.42 Å². The van der Waals surface area contributed by atoms with Crippen molar-refractivity contribution in [3.8, 4) is 0 Å². The molecule has 1 aromatic heterocycles. The summed E-state index contributed by atoms with van der Waals surface area (Å²) in [6.07, 6.45) is 2.21. The van der Waals surface area contributed by atoms with Crippen LogP contribution in [0.3, 0.4) is 0 Å². The second-order valence-electron chi connectivity index (χ2n) is 5.98. The van der Waals surface area contributed by atoms with Crippen molar-refractivity contribution in [3.05, 3.63) is 82.4 Å². The third-order valence-corrected chi connectivity index (χ3v) is 4.17. The van der Waals surface area contributed by atoms with Gasteiger partial charge in [0.05, 0.1) is 0 Å². The van der Waals surface area contributed by atoms with Crippen molar-refractivity contribution < 1.29 is 9.18 Å². The van der Waals surface area contributed by atoms with Crippen molar-refractivity contribution in [2.75, 3.05) is 17.2 Å². The van der Waals surface area contributed by atoms with E-state index in [9.17, 15) is 9.18 Å². The Morgan fingerprint density at radius 1 is 1.15 bits per heavy atom. The Bertz CT molecular complexity index is 947. The van der Waals surface area contributed by atoms with Gasteiger partial charge in [0.2, 0.25) is 5.95 Å². The van der Waals surface area contributed by atoms with E-state index < -0.39 is 0 Å². The highest BCUT2D eigenvalue weighted by atomic mass is 35.5. The molecule has 0 saturated heterocycles. The van der Waals surface area contributed by atoms with Gasteiger partial charge in [-0.15, -0.1) is 0 Å². The maximum atomic E-state index is 12.9. The summed E-state index contributed by atoms with van der Waals surface area (Å²) in [5.41, 5.74) is 2.79. The van der Waals surface area contributed by atoms with E-state index in [1.807, 2.05) is 6.92 Å². The first-order valence-corrected chi connectivity index (χ1v) is 8.78. The van der Waals surface area contributed by atoms with Crippen LogP contribution in [0.15, 0.2) is 54.7 Å². The number of hydrogen-bond acceptors (Lipinski definition) is 4. The van der Waals surface area contributed by atoms with Gasteiger partial charge in [0, 0.05) is 23.5 Å². The minimum Gasteiger partial charge on any atom is -0.354 e. The Morgan fingerprint density at radius 2 is 1.93 bits per heavy atom. The van der Waals surface area contributed by atoms with Crippen molar-refractivity contribution >= 4 is 29.1 Å². The lowest BCUT2D eigenvalue weighted by atomic mass is 10.1. The third kappa shape index (κ3) is 5.24. The Labute approximate surface area is 161 Å². The number of aromatic nitrogens is 2. The first kappa shape index (κ1) is 18.8. The molecule has 0 saturated carbocycles. The number of amides is 1. The predicted octanol–water partition coefficient (Wildman–Crippen LogP) is 4.48. The fourth-order valence-corrected chi connectivity index (χ4v) is 2.72. The molecule has 138 valence electrons. The summed E-state index contributed by atoms with van der Waals surface area (Å²) in [5.74, 6) is -0.230. The molecule has 1 amide bonds. The zero-order valence-electron chi connectivity index (χ0n) is 14.7. The number of halogens is 2. The second kappa shape index (κ2) is 8.60. The van der Waals surface area contributed by atoms with Crippen molar-refractivity contribution in [2.24, 2.45) is 0 Å². The molecule has 0 aliphatic rings. The Balaban J connectivity index is 1.60. The molecule has 27 heavy (non-hydrogen) atoms. The Morgan fingerprint density at radius 3 is 2.67 bits per heavy atom. The molecule has 0 aliphatic carbocycles. The van der Waals surface area contributed by atoms with Gasteiger partial charge in [-0.3, -0.25) is 4.79 Å². The predicted molar refractivity (Wildman–Crippen MR) is 105 cm³/mol. The average molecular weight is 385 g/mol. The summed E-state index contributed by atoms with van der Waals surface area (Å²) in [6.45, 7) is 2.43. The number of nitrogens with one attached hydrogen (secondary N) is 2. The molecule has 0 radical (unpaired) electrons. The van der Waals surface area contributed by atoms with Crippen LogP contribution in [-0.4, -0.2) is 22.4 Å². The highest BCUT2D eigenvalue weighted by molar-refractivity contribution is 6.30. The summed E-state index contributed by atoms with van der Waals surface area (Å²) in [5, 5.41) is 6.50. The molecule has 2 N–H and O–H groups in total. The van der Waals surface area contributed by atoms with E-state index in [0.29, 0.717) is 29.6 Å². The summed E-state index contributed by atoms with van der Waals surface area (Å²) >= 11 is 5.93. The zero-order chi connectivity index (χ0) is 19.2. The minimum atomic E-state index is -0.329. The van der Waals surface area contributed by atoms with Crippen LogP contribution in [0.1, 0.15) is 21.6 Å². The molecule has 0 spiro atoms. The van der Waals surface area contributed by atoms with Gasteiger partial charge in [-0.2, -0.15) is 0 Å². The summed E-state index contributed by atoms with van der Waals surface area (Å²) in [7, 11) is 0. The first-order chi connectivity index (χ1) is 13.0. The van der Waals surface area contributed by atoms with Gasteiger partial charge in [-0.1, -0.05) is 23.7 Å². The van der Waals surface area contributed by atoms with E-state index in [0.717, 1.165) is 11.1 Å². The molecule has 2 aromatic carbocycles. The average Bonchev–Trinajstić information content (AvgIpc) is 2.66. The number of anilines is 2. The van der Waals surface area contributed by atoms with Gasteiger partial charge >= 0.3 is 0 Å². The van der Waals surface area contributed by atoms with Crippen molar-refractivity contribution in [1.29, 1.82) is 0 Å². The lowest BCUT2D eigenvalue weighted by Gasteiger charge is -2.09.